The van der Waals surface area contributed by atoms with Crippen molar-refractivity contribution in [3.05, 3.63) is 63.5 Å². The summed E-state index contributed by atoms with van der Waals surface area (Å²) in [6.07, 6.45) is 0. The zero-order chi connectivity index (χ0) is 15.4. The Kier molecular flexibility index (Phi) is 4.34. The van der Waals surface area contributed by atoms with Crippen LogP contribution in [0.3, 0.4) is 0 Å². The molecule has 0 amide bonds. The molecule has 0 aromatic heterocycles. The second-order valence-corrected chi connectivity index (χ2v) is 4.48. The van der Waals surface area contributed by atoms with Gasteiger partial charge in [-0.1, -0.05) is 6.07 Å². The number of aryl methyl sites for hydroxylation is 1. The molecule has 0 bridgehead atoms. The maximum atomic E-state index is 13.5. The number of hydrogen-bond donors (Lipinski definition) is 2. The van der Waals surface area contributed by atoms with Gasteiger partial charge in [-0.3, -0.25) is 16.0 Å². The topological polar surface area (TPSA) is 90.4 Å². The molecule has 0 spiro atoms. The Morgan fingerprint density at radius 2 is 2.10 bits per heavy atom. The lowest BCUT2D eigenvalue weighted by atomic mass is 10.2. The first kappa shape index (κ1) is 14.7. The Bertz CT molecular complexity index is 677. The molecule has 0 saturated heterocycles. The molecule has 0 unspecified atom stereocenters. The molecule has 0 atom stereocenters. The summed E-state index contributed by atoms with van der Waals surface area (Å²) in [4.78, 5) is 10.2. The molecule has 7 heteroatoms. The van der Waals surface area contributed by atoms with Crippen molar-refractivity contribution in [2.75, 3.05) is 5.43 Å². The monoisotopic (exact) mass is 291 g/mol. The summed E-state index contributed by atoms with van der Waals surface area (Å²) < 4.78 is 18.9. The predicted octanol–water partition coefficient (Wildman–Crippen LogP) is 2.91. The van der Waals surface area contributed by atoms with E-state index < -0.39 is 10.7 Å². The first-order valence-corrected chi connectivity index (χ1v) is 6.14. The summed E-state index contributed by atoms with van der Waals surface area (Å²) in [7, 11) is 0. The van der Waals surface area contributed by atoms with Gasteiger partial charge in [-0.15, -0.1) is 0 Å². The van der Waals surface area contributed by atoms with Crippen molar-refractivity contribution in [3.8, 4) is 5.75 Å². The molecule has 0 aliphatic rings. The van der Waals surface area contributed by atoms with Gasteiger partial charge in [-0.05, 0) is 42.3 Å². The molecule has 2 aromatic rings. The van der Waals surface area contributed by atoms with Crippen molar-refractivity contribution in [1.29, 1.82) is 0 Å². The molecule has 0 aliphatic carbocycles. The predicted molar refractivity (Wildman–Crippen MR) is 76.4 cm³/mol. The molecule has 21 heavy (non-hydrogen) atoms. The van der Waals surface area contributed by atoms with Crippen LogP contribution in [0.1, 0.15) is 11.1 Å². The number of nitrogen functional groups attached to an aromatic ring is 1. The van der Waals surface area contributed by atoms with Gasteiger partial charge in [-0.2, -0.15) is 0 Å². The van der Waals surface area contributed by atoms with Gasteiger partial charge in [0.25, 0.3) is 5.69 Å². The zero-order valence-corrected chi connectivity index (χ0v) is 11.3. The Balaban J connectivity index is 2.17. The van der Waals surface area contributed by atoms with Crippen LogP contribution < -0.4 is 16.0 Å². The Labute approximate surface area is 120 Å². The number of nitrogens with two attached hydrogens (primary N) is 1. The maximum Gasteiger partial charge on any atom is 0.293 e. The summed E-state index contributed by atoms with van der Waals surface area (Å²) in [6.45, 7) is 1.90. The van der Waals surface area contributed by atoms with Crippen LogP contribution in [0.5, 0.6) is 5.75 Å². The highest BCUT2D eigenvalue weighted by Crippen LogP contribution is 2.26. The fourth-order valence-electron chi connectivity index (χ4n) is 1.83. The van der Waals surface area contributed by atoms with E-state index in [0.29, 0.717) is 5.56 Å². The summed E-state index contributed by atoms with van der Waals surface area (Å²) in [5.74, 6) is 4.93. The lowest BCUT2D eigenvalue weighted by Crippen LogP contribution is -2.10. The van der Waals surface area contributed by atoms with Gasteiger partial charge in [0.2, 0.25) is 0 Å². The Hall–Kier alpha value is -2.67. The molecular weight excluding hydrogens is 277 g/mol. The molecule has 0 radical (unpaired) electrons. The van der Waals surface area contributed by atoms with E-state index in [9.17, 15) is 14.5 Å². The third-order valence-corrected chi connectivity index (χ3v) is 2.89. The first-order chi connectivity index (χ1) is 10.0. The zero-order valence-electron chi connectivity index (χ0n) is 11.3. The van der Waals surface area contributed by atoms with Crippen LogP contribution in [0, 0.1) is 22.9 Å². The fourth-order valence-corrected chi connectivity index (χ4v) is 1.83. The number of rotatable bonds is 5. The third kappa shape index (κ3) is 3.46. The van der Waals surface area contributed by atoms with Gasteiger partial charge >= 0.3 is 0 Å². The first-order valence-electron chi connectivity index (χ1n) is 6.14. The second-order valence-electron chi connectivity index (χ2n) is 4.48. The summed E-state index contributed by atoms with van der Waals surface area (Å²) >= 11 is 0. The molecule has 3 N–H and O–H groups in total. The summed E-state index contributed by atoms with van der Waals surface area (Å²) in [5, 5.41) is 10.8. The van der Waals surface area contributed by atoms with Gasteiger partial charge in [-0.25, -0.2) is 4.39 Å². The quantitative estimate of drug-likeness (QED) is 0.502. The molecule has 0 saturated carbocycles. The number of anilines is 1. The highest BCUT2D eigenvalue weighted by molar-refractivity contribution is 5.62. The molecule has 0 fully saturated rings. The number of nitro groups is 1. The number of hydrogen-bond acceptors (Lipinski definition) is 5. The molecule has 6 nitrogen and oxygen atoms in total. The second kappa shape index (κ2) is 6.19. The third-order valence-electron chi connectivity index (χ3n) is 2.89. The van der Waals surface area contributed by atoms with E-state index in [2.05, 4.69) is 5.43 Å². The fraction of sp³-hybridized carbons (Fsp3) is 0.143. The van der Waals surface area contributed by atoms with Crippen molar-refractivity contribution in [2.45, 2.75) is 13.5 Å². The van der Waals surface area contributed by atoms with Gasteiger partial charge in [0, 0.05) is 6.07 Å². The van der Waals surface area contributed by atoms with Crippen molar-refractivity contribution < 1.29 is 14.1 Å². The van der Waals surface area contributed by atoms with Crippen molar-refractivity contribution in [1.82, 2.24) is 0 Å². The minimum absolute atomic E-state index is 0.0764. The molecule has 0 heterocycles. The van der Waals surface area contributed by atoms with E-state index in [0.717, 1.165) is 5.56 Å². The standard InChI is InChI=1S/C14H14FN3O3/c1-9-2-4-11(15)14(6-9)21-8-10-3-5-13(18(19)20)12(7-10)17-16/h2-7,17H,8,16H2,1H3. The average Bonchev–Trinajstić information content (AvgIpc) is 2.47. The number of benzene rings is 2. The lowest BCUT2D eigenvalue weighted by molar-refractivity contribution is -0.384. The minimum Gasteiger partial charge on any atom is -0.486 e. The number of nitrogens with one attached hydrogen (secondary N) is 1. The summed E-state index contributed by atoms with van der Waals surface area (Å²) in [5.41, 5.74) is 3.81. The number of ether oxygens (including phenoxy) is 1. The van der Waals surface area contributed by atoms with Crippen LogP contribution in [0.15, 0.2) is 36.4 Å². The minimum atomic E-state index is -0.542. The SMILES string of the molecule is Cc1ccc(F)c(OCc2ccc([N+](=O)[O-])c(NN)c2)c1. The smallest absolute Gasteiger partial charge is 0.293 e. The van der Waals surface area contributed by atoms with Crippen LogP contribution in [-0.2, 0) is 6.61 Å². The van der Waals surface area contributed by atoms with Gasteiger partial charge in [0.1, 0.15) is 12.3 Å². The number of nitro benzene ring substituents is 1. The largest absolute Gasteiger partial charge is 0.486 e. The van der Waals surface area contributed by atoms with Crippen molar-refractivity contribution in [2.24, 2.45) is 5.84 Å². The Morgan fingerprint density at radius 1 is 1.33 bits per heavy atom. The van der Waals surface area contributed by atoms with Gasteiger partial charge in [0.15, 0.2) is 11.6 Å². The van der Waals surface area contributed by atoms with E-state index in [1.165, 1.54) is 24.3 Å². The number of nitrogens with zero attached hydrogens (tertiary/aromatic N) is 1. The van der Waals surface area contributed by atoms with E-state index in [1.54, 1.807) is 12.1 Å². The molecule has 110 valence electrons. The van der Waals surface area contributed by atoms with Crippen LogP contribution in [0.25, 0.3) is 0 Å². The van der Waals surface area contributed by atoms with Gasteiger partial charge in [0.05, 0.1) is 4.92 Å². The highest BCUT2D eigenvalue weighted by atomic mass is 19.1. The number of hydrazine groups is 1. The molecular formula is C14H14FN3O3. The number of halogens is 1. The average molecular weight is 291 g/mol. The van der Waals surface area contributed by atoms with Crippen LogP contribution in [0.2, 0.25) is 0 Å². The van der Waals surface area contributed by atoms with Gasteiger partial charge < -0.3 is 10.2 Å². The van der Waals surface area contributed by atoms with E-state index >= 15 is 0 Å². The van der Waals surface area contributed by atoms with E-state index in [4.69, 9.17) is 10.6 Å². The van der Waals surface area contributed by atoms with Crippen LogP contribution in [0.4, 0.5) is 15.8 Å². The van der Waals surface area contributed by atoms with Crippen LogP contribution in [-0.4, -0.2) is 4.92 Å². The van der Waals surface area contributed by atoms with Crippen molar-refractivity contribution >= 4 is 11.4 Å². The van der Waals surface area contributed by atoms with Crippen LogP contribution >= 0.6 is 0 Å². The molecule has 0 aliphatic heterocycles. The molecule has 2 rings (SSSR count). The lowest BCUT2D eigenvalue weighted by Gasteiger charge is -2.09. The highest BCUT2D eigenvalue weighted by Gasteiger charge is 2.13. The van der Waals surface area contributed by atoms with E-state index in [1.807, 2.05) is 6.92 Å². The normalized spacial score (nSPS) is 10.2. The molecule has 2 aromatic carbocycles. The maximum absolute atomic E-state index is 13.5. The summed E-state index contributed by atoms with van der Waals surface area (Å²) in [6, 6.07) is 8.90. The van der Waals surface area contributed by atoms with E-state index in [-0.39, 0.29) is 23.7 Å². The van der Waals surface area contributed by atoms with Crippen molar-refractivity contribution in [3.63, 3.8) is 0 Å². The Morgan fingerprint density at radius 3 is 2.76 bits per heavy atom.